The second-order valence-electron chi connectivity index (χ2n) is 4.12. The summed E-state index contributed by atoms with van der Waals surface area (Å²) in [6, 6.07) is 7.72. The lowest BCUT2D eigenvalue weighted by Crippen LogP contribution is -2.02. The van der Waals surface area contributed by atoms with Gasteiger partial charge in [-0.3, -0.25) is 4.79 Å². The maximum absolute atomic E-state index is 11.6. The molecule has 0 saturated heterocycles. The standard InChI is InChI=1S/C14H16O2S2/c1-10-4-5-11-12(16-6-3-7-17-2)9-14(15)18-13(11)8-10/h4-5,8-9H,3,6-7H2,1-2H3. The van der Waals surface area contributed by atoms with Crippen LogP contribution in [0, 0.1) is 6.92 Å². The summed E-state index contributed by atoms with van der Waals surface area (Å²) in [5, 5.41) is 1.04. The molecule has 96 valence electrons. The highest BCUT2D eigenvalue weighted by Gasteiger charge is 2.05. The summed E-state index contributed by atoms with van der Waals surface area (Å²) in [7, 11) is 0. The van der Waals surface area contributed by atoms with Gasteiger partial charge in [0.05, 0.1) is 6.61 Å². The minimum Gasteiger partial charge on any atom is -0.493 e. The number of rotatable bonds is 5. The van der Waals surface area contributed by atoms with Gasteiger partial charge in [-0.05, 0) is 43.0 Å². The summed E-state index contributed by atoms with van der Waals surface area (Å²) in [5.41, 5.74) is 1.16. The predicted molar refractivity (Wildman–Crippen MR) is 81.3 cm³/mol. The van der Waals surface area contributed by atoms with Crippen molar-refractivity contribution in [3.63, 3.8) is 0 Å². The van der Waals surface area contributed by atoms with Gasteiger partial charge >= 0.3 is 0 Å². The molecule has 1 aromatic heterocycles. The van der Waals surface area contributed by atoms with Crippen molar-refractivity contribution in [1.29, 1.82) is 0 Å². The van der Waals surface area contributed by atoms with E-state index in [1.807, 2.05) is 25.1 Å². The second-order valence-corrected chi connectivity index (χ2v) is 6.16. The van der Waals surface area contributed by atoms with Crippen LogP contribution in [0.2, 0.25) is 0 Å². The Bertz CT molecular complexity index is 590. The molecule has 2 rings (SSSR count). The first-order valence-electron chi connectivity index (χ1n) is 5.87. The molecule has 0 aliphatic rings. The molecule has 4 heteroatoms. The van der Waals surface area contributed by atoms with E-state index in [9.17, 15) is 4.79 Å². The molecule has 0 aliphatic heterocycles. The van der Waals surface area contributed by atoms with Crippen LogP contribution in [0.25, 0.3) is 10.1 Å². The van der Waals surface area contributed by atoms with E-state index in [4.69, 9.17) is 4.74 Å². The number of hydrogen-bond acceptors (Lipinski definition) is 4. The molecule has 0 radical (unpaired) electrons. The number of benzene rings is 1. The fourth-order valence-electron chi connectivity index (χ4n) is 1.74. The van der Waals surface area contributed by atoms with Gasteiger partial charge in [0.1, 0.15) is 5.75 Å². The molecular formula is C14H16O2S2. The van der Waals surface area contributed by atoms with Crippen LogP contribution in [0.3, 0.4) is 0 Å². The molecule has 0 amide bonds. The second kappa shape index (κ2) is 6.25. The minimum atomic E-state index is 0.0490. The van der Waals surface area contributed by atoms with Gasteiger partial charge in [-0.2, -0.15) is 11.8 Å². The van der Waals surface area contributed by atoms with Crippen molar-refractivity contribution >= 4 is 33.2 Å². The quantitative estimate of drug-likeness (QED) is 0.781. The topological polar surface area (TPSA) is 26.3 Å². The molecule has 0 bridgehead atoms. The van der Waals surface area contributed by atoms with Gasteiger partial charge in [0.2, 0.25) is 4.74 Å². The van der Waals surface area contributed by atoms with Gasteiger partial charge < -0.3 is 4.74 Å². The molecule has 0 spiro atoms. The average molecular weight is 280 g/mol. The fraction of sp³-hybridized carbons (Fsp3) is 0.357. The van der Waals surface area contributed by atoms with Gasteiger partial charge in [-0.1, -0.05) is 17.4 Å². The summed E-state index contributed by atoms with van der Waals surface area (Å²) >= 11 is 3.08. The van der Waals surface area contributed by atoms with Crippen molar-refractivity contribution in [1.82, 2.24) is 0 Å². The van der Waals surface area contributed by atoms with Crippen LogP contribution in [0.4, 0.5) is 0 Å². The average Bonchev–Trinajstić information content (AvgIpc) is 2.33. The highest BCUT2D eigenvalue weighted by molar-refractivity contribution is 7.98. The Kier molecular flexibility index (Phi) is 4.66. The van der Waals surface area contributed by atoms with Crippen LogP contribution in [0.5, 0.6) is 5.75 Å². The largest absolute Gasteiger partial charge is 0.493 e. The van der Waals surface area contributed by atoms with Gasteiger partial charge in [0.25, 0.3) is 0 Å². The molecule has 1 heterocycles. The van der Waals surface area contributed by atoms with Crippen molar-refractivity contribution in [2.24, 2.45) is 0 Å². The van der Waals surface area contributed by atoms with E-state index >= 15 is 0 Å². The van der Waals surface area contributed by atoms with Crippen molar-refractivity contribution in [2.75, 3.05) is 18.6 Å². The molecule has 0 atom stereocenters. The SMILES string of the molecule is CSCCCOc1cc(=O)sc2cc(C)ccc12. The van der Waals surface area contributed by atoms with Gasteiger partial charge in [-0.15, -0.1) is 0 Å². The van der Waals surface area contributed by atoms with Gasteiger partial charge in [-0.25, -0.2) is 0 Å². The number of hydrogen-bond donors (Lipinski definition) is 0. The molecule has 0 N–H and O–H groups in total. The Hall–Kier alpha value is -1.00. The Morgan fingerprint density at radius 1 is 1.33 bits per heavy atom. The molecule has 18 heavy (non-hydrogen) atoms. The highest BCUT2D eigenvalue weighted by atomic mass is 32.2. The predicted octanol–water partition coefficient (Wildman–Crippen LogP) is 3.70. The monoisotopic (exact) mass is 280 g/mol. The summed E-state index contributed by atoms with van der Waals surface area (Å²) in [5.74, 6) is 1.80. The van der Waals surface area contributed by atoms with Gasteiger partial charge in [0, 0.05) is 16.2 Å². The van der Waals surface area contributed by atoms with Crippen molar-refractivity contribution in [3.8, 4) is 5.75 Å². The Labute approximate surface area is 115 Å². The normalized spacial score (nSPS) is 10.8. The van der Waals surface area contributed by atoms with E-state index in [0.29, 0.717) is 6.61 Å². The molecular weight excluding hydrogens is 264 g/mol. The number of fused-ring (bicyclic) bond motifs is 1. The number of aryl methyl sites for hydroxylation is 1. The summed E-state index contributed by atoms with van der Waals surface area (Å²) in [4.78, 5) is 11.6. The van der Waals surface area contributed by atoms with E-state index < -0.39 is 0 Å². The van der Waals surface area contributed by atoms with E-state index in [1.54, 1.807) is 17.8 Å². The first kappa shape index (κ1) is 13.4. The lowest BCUT2D eigenvalue weighted by Gasteiger charge is -2.08. The van der Waals surface area contributed by atoms with Crippen LogP contribution in [-0.4, -0.2) is 18.6 Å². The first-order chi connectivity index (χ1) is 8.70. The molecule has 0 aliphatic carbocycles. The van der Waals surface area contributed by atoms with Crippen LogP contribution in [0.15, 0.2) is 29.1 Å². The van der Waals surface area contributed by atoms with Crippen molar-refractivity contribution in [2.45, 2.75) is 13.3 Å². The van der Waals surface area contributed by atoms with E-state index in [1.165, 1.54) is 11.3 Å². The van der Waals surface area contributed by atoms with Crippen LogP contribution >= 0.6 is 23.1 Å². The molecule has 2 aromatic rings. The van der Waals surface area contributed by atoms with Crippen LogP contribution in [0.1, 0.15) is 12.0 Å². The van der Waals surface area contributed by atoms with E-state index in [-0.39, 0.29) is 4.74 Å². The third kappa shape index (κ3) is 3.27. The molecule has 2 nitrogen and oxygen atoms in total. The highest BCUT2D eigenvalue weighted by Crippen LogP contribution is 2.27. The maximum Gasteiger partial charge on any atom is 0.236 e. The van der Waals surface area contributed by atoms with Crippen LogP contribution in [-0.2, 0) is 0 Å². The Morgan fingerprint density at radius 3 is 2.94 bits per heavy atom. The van der Waals surface area contributed by atoms with Crippen LogP contribution < -0.4 is 9.48 Å². The summed E-state index contributed by atoms with van der Waals surface area (Å²) in [6.07, 6.45) is 3.08. The van der Waals surface area contributed by atoms with E-state index in [0.717, 1.165) is 33.6 Å². The Balaban J connectivity index is 2.28. The lowest BCUT2D eigenvalue weighted by molar-refractivity contribution is 0.322. The fourth-order valence-corrected chi connectivity index (χ4v) is 3.06. The minimum absolute atomic E-state index is 0.0490. The molecule has 1 aromatic carbocycles. The van der Waals surface area contributed by atoms with Crippen molar-refractivity contribution < 1.29 is 4.74 Å². The Morgan fingerprint density at radius 2 is 2.17 bits per heavy atom. The lowest BCUT2D eigenvalue weighted by atomic mass is 10.2. The first-order valence-corrected chi connectivity index (χ1v) is 8.08. The zero-order chi connectivity index (χ0) is 13.0. The third-order valence-corrected chi connectivity index (χ3v) is 4.19. The van der Waals surface area contributed by atoms with Crippen molar-refractivity contribution in [3.05, 3.63) is 39.4 Å². The molecule has 0 unspecified atom stereocenters. The zero-order valence-corrected chi connectivity index (χ0v) is 12.2. The zero-order valence-electron chi connectivity index (χ0n) is 10.6. The maximum atomic E-state index is 11.6. The van der Waals surface area contributed by atoms with E-state index in [2.05, 4.69) is 6.26 Å². The smallest absolute Gasteiger partial charge is 0.236 e. The molecule has 0 saturated carbocycles. The third-order valence-electron chi connectivity index (χ3n) is 2.61. The summed E-state index contributed by atoms with van der Waals surface area (Å²) < 4.78 is 6.79. The summed E-state index contributed by atoms with van der Waals surface area (Å²) in [6.45, 7) is 2.70. The van der Waals surface area contributed by atoms with Gasteiger partial charge in [0.15, 0.2) is 0 Å². The molecule has 0 fully saturated rings. The number of ether oxygens (including phenoxy) is 1. The number of thioether (sulfide) groups is 1.